The maximum absolute atomic E-state index is 12.5. The molecule has 0 fully saturated rings. The van der Waals surface area contributed by atoms with Crippen molar-refractivity contribution in [1.29, 1.82) is 0 Å². The van der Waals surface area contributed by atoms with E-state index in [0.29, 0.717) is 10.2 Å². The highest BCUT2D eigenvalue weighted by Gasteiger charge is 2.23. The number of aromatic nitrogens is 2. The molecule has 0 bridgehead atoms. The van der Waals surface area contributed by atoms with Gasteiger partial charge in [-0.15, -0.1) is 0 Å². The first-order valence-electron chi connectivity index (χ1n) is 8.10. The highest BCUT2D eigenvalue weighted by molar-refractivity contribution is 9.10. The third-order valence-corrected chi connectivity index (χ3v) is 5.93. The smallest absolute Gasteiger partial charge is 0.277 e. The molecule has 0 spiro atoms. The summed E-state index contributed by atoms with van der Waals surface area (Å²) in [5.74, 6) is -0.256. The molecule has 0 atom stereocenters. The molecule has 1 aromatic heterocycles. The summed E-state index contributed by atoms with van der Waals surface area (Å²) in [5, 5.41) is 9.56. The van der Waals surface area contributed by atoms with Gasteiger partial charge in [0, 0.05) is 11.2 Å². The van der Waals surface area contributed by atoms with Gasteiger partial charge in [-0.1, -0.05) is 19.9 Å². The van der Waals surface area contributed by atoms with Crippen molar-refractivity contribution in [2.75, 3.05) is 5.32 Å². The molecule has 26 heavy (non-hydrogen) atoms. The summed E-state index contributed by atoms with van der Waals surface area (Å²) in [6.45, 7) is 9.25. The minimum absolute atomic E-state index is 0.0780. The van der Waals surface area contributed by atoms with Crippen molar-refractivity contribution in [3.05, 3.63) is 40.1 Å². The van der Waals surface area contributed by atoms with Crippen molar-refractivity contribution in [3.8, 4) is 0 Å². The van der Waals surface area contributed by atoms with E-state index in [1.54, 1.807) is 32.9 Å². The third-order valence-electron chi connectivity index (χ3n) is 3.37. The molecule has 0 aliphatic carbocycles. The van der Waals surface area contributed by atoms with Gasteiger partial charge in [-0.05, 0) is 60.8 Å². The Morgan fingerprint density at radius 3 is 2.46 bits per heavy atom. The number of amides is 1. The third kappa shape index (κ3) is 4.93. The van der Waals surface area contributed by atoms with Crippen LogP contribution in [0.2, 0.25) is 0 Å². The number of nitrogens with zero attached hydrogens (tertiary/aromatic N) is 1. The predicted octanol–water partition coefficient (Wildman–Crippen LogP) is 3.62. The molecule has 7 nitrogen and oxygen atoms in total. The summed E-state index contributed by atoms with van der Waals surface area (Å²) in [7, 11) is -3.69. The van der Waals surface area contributed by atoms with E-state index < -0.39 is 21.5 Å². The van der Waals surface area contributed by atoms with Gasteiger partial charge >= 0.3 is 0 Å². The highest BCUT2D eigenvalue weighted by Crippen LogP contribution is 2.26. The molecule has 0 unspecified atom stereocenters. The Bertz CT molecular complexity index is 914. The number of sulfonamides is 1. The van der Waals surface area contributed by atoms with Gasteiger partial charge < -0.3 is 5.32 Å². The zero-order chi connectivity index (χ0) is 19.7. The van der Waals surface area contributed by atoms with Gasteiger partial charge in [0.1, 0.15) is 0 Å². The Kier molecular flexibility index (Phi) is 5.94. The molecule has 2 rings (SSSR count). The van der Waals surface area contributed by atoms with Crippen LogP contribution >= 0.6 is 15.9 Å². The number of aromatic amines is 1. The van der Waals surface area contributed by atoms with Crippen LogP contribution in [0.4, 0.5) is 5.69 Å². The van der Waals surface area contributed by atoms with E-state index in [4.69, 9.17) is 0 Å². The van der Waals surface area contributed by atoms with Gasteiger partial charge in [0.15, 0.2) is 5.69 Å². The van der Waals surface area contributed by atoms with Crippen molar-refractivity contribution >= 4 is 37.5 Å². The topological polar surface area (TPSA) is 104 Å². The number of H-pyrrole nitrogens is 1. The zero-order valence-corrected chi connectivity index (χ0v) is 17.7. The fraction of sp³-hybridized carbons (Fsp3) is 0.412. The van der Waals surface area contributed by atoms with Gasteiger partial charge in [-0.3, -0.25) is 9.89 Å². The van der Waals surface area contributed by atoms with Gasteiger partial charge in [-0.2, -0.15) is 5.10 Å². The Labute approximate surface area is 162 Å². The number of carbonyl (C=O) groups excluding carboxylic acids is 1. The largest absolute Gasteiger partial charge is 0.321 e. The summed E-state index contributed by atoms with van der Waals surface area (Å²) in [5.41, 5.74) is 0.800. The van der Waals surface area contributed by atoms with Crippen LogP contribution in [0.5, 0.6) is 0 Å². The van der Waals surface area contributed by atoms with Crippen LogP contribution < -0.4 is 10.0 Å². The van der Waals surface area contributed by atoms with Crippen molar-refractivity contribution in [1.82, 2.24) is 14.9 Å². The van der Waals surface area contributed by atoms with Crippen LogP contribution in [-0.2, 0) is 10.0 Å². The molecule has 142 valence electrons. The molecule has 0 saturated carbocycles. The number of rotatable bonds is 5. The predicted molar refractivity (Wildman–Crippen MR) is 105 cm³/mol. The number of anilines is 1. The second kappa shape index (κ2) is 7.50. The van der Waals surface area contributed by atoms with Crippen molar-refractivity contribution in [2.45, 2.75) is 51.0 Å². The summed E-state index contributed by atoms with van der Waals surface area (Å²) in [6, 6.07) is 6.09. The lowest BCUT2D eigenvalue weighted by Gasteiger charge is -2.20. The zero-order valence-electron chi connectivity index (χ0n) is 15.3. The normalized spacial score (nSPS) is 12.4. The molecule has 2 aromatic rings. The van der Waals surface area contributed by atoms with Gasteiger partial charge in [0.2, 0.25) is 10.0 Å². The van der Waals surface area contributed by atoms with Crippen LogP contribution in [0.15, 0.2) is 33.6 Å². The van der Waals surface area contributed by atoms with Crippen molar-refractivity contribution < 1.29 is 13.2 Å². The lowest BCUT2D eigenvalue weighted by atomic mass is 10.1. The molecule has 1 aromatic carbocycles. The highest BCUT2D eigenvalue weighted by atomic mass is 79.9. The molecular formula is C17H23BrN4O3S. The van der Waals surface area contributed by atoms with Crippen LogP contribution in [0, 0.1) is 0 Å². The lowest BCUT2D eigenvalue weighted by Crippen LogP contribution is -2.40. The monoisotopic (exact) mass is 442 g/mol. The molecule has 1 amide bonds. The standard InChI is InChI=1S/C17H23BrN4O3S/c1-10(2)14-13(18)15(21-20-14)16(23)19-11-7-6-8-12(9-11)26(24,25)22-17(3,4)5/h6-10,22H,1-5H3,(H,19,23)(H,20,21). The summed E-state index contributed by atoms with van der Waals surface area (Å²) < 4.78 is 28.1. The number of halogens is 1. The molecule has 0 radical (unpaired) electrons. The summed E-state index contributed by atoms with van der Waals surface area (Å²) in [4.78, 5) is 12.5. The summed E-state index contributed by atoms with van der Waals surface area (Å²) >= 11 is 3.38. The average molecular weight is 443 g/mol. The fourth-order valence-electron chi connectivity index (χ4n) is 2.27. The van der Waals surface area contributed by atoms with E-state index in [9.17, 15) is 13.2 Å². The van der Waals surface area contributed by atoms with Crippen molar-refractivity contribution in [3.63, 3.8) is 0 Å². The molecule has 3 N–H and O–H groups in total. The van der Waals surface area contributed by atoms with Gasteiger partial charge in [-0.25, -0.2) is 13.1 Å². The number of hydrogen-bond donors (Lipinski definition) is 3. The second-order valence-electron chi connectivity index (χ2n) is 7.29. The maximum atomic E-state index is 12.5. The Hall–Kier alpha value is -1.71. The molecule has 0 saturated heterocycles. The SMILES string of the molecule is CC(C)c1[nH]nc(C(=O)Nc2cccc(S(=O)(=O)NC(C)(C)C)c2)c1Br. The van der Waals surface area contributed by atoms with E-state index in [1.165, 1.54) is 12.1 Å². The van der Waals surface area contributed by atoms with E-state index in [-0.39, 0.29) is 16.5 Å². The minimum atomic E-state index is -3.69. The van der Waals surface area contributed by atoms with E-state index >= 15 is 0 Å². The first-order valence-corrected chi connectivity index (χ1v) is 10.4. The van der Waals surface area contributed by atoms with Crippen LogP contribution in [0.1, 0.15) is 56.7 Å². The average Bonchev–Trinajstić information content (AvgIpc) is 2.87. The van der Waals surface area contributed by atoms with E-state index in [0.717, 1.165) is 5.69 Å². The summed E-state index contributed by atoms with van der Waals surface area (Å²) in [6.07, 6.45) is 0. The number of hydrogen-bond acceptors (Lipinski definition) is 4. The Morgan fingerprint density at radius 1 is 1.27 bits per heavy atom. The van der Waals surface area contributed by atoms with Crippen LogP contribution in [-0.4, -0.2) is 30.1 Å². The van der Waals surface area contributed by atoms with Crippen LogP contribution in [0.3, 0.4) is 0 Å². The van der Waals surface area contributed by atoms with Gasteiger partial charge in [0.25, 0.3) is 5.91 Å². The molecule has 0 aliphatic heterocycles. The van der Waals surface area contributed by atoms with Crippen LogP contribution in [0.25, 0.3) is 0 Å². The first kappa shape index (κ1) is 20.6. The molecule has 1 heterocycles. The lowest BCUT2D eigenvalue weighted by molar-refractivity contribution is 0.102. The Morgan fingerprint density at radius 2 is 1.92 bits per heavy atom. The van der Waals surface area contributed by atoms with E-state index in [1.807, 2.05) is 13.8 Å². The number of nitrogens with one attached hydrogen (secondary N) is 3. The van der Waals surface area contributed by atoms with Gasteiger partial charge in [0.05, 0.1) is 15.1 Å². The number of carbonyl (C=O) groups is 1. The fourth-order valence-corrected chi connectivity index (χ4v) is 4.55. The molecule has 9 heteroatoms. The minimum Gasteiger partial charge on any atom is -0.321 e. The molecule has 0 aliphatic rings. The van der Waals surface area contributed by atoms with Crippen molar-refractivity contribution in [2.24, 2.45) is 0 Å². The first-order chi connectivity index (χ1) is 11.9. The maximum Gasteiger partial charge on any atom is 0.277 e. The molecular weight excluding hydrogens is 420 g/mol. The quantitative estimate of drug-likeness (QED) is 0.657. The number of benzene rings is 1. The van der Waals surface area contributed by atoms with E-state index in [2.05, 4.69) is 36.2 Å². The Balaban J connectivity index is 2.25. The second-order valence-corrected chi connectivity index (χ2v) is 9.77.